The normalized spacial score (nSPS) is 11.0. The summed E-state index contributed by atoms with van der Waals surface area (Å²) in [5, 5.41) is 7.02. The molecule has 0 aliphatic heterocycles. The highest BCUT2D eigenvalue weighted by molar-refractivity contribution is 5.97. The lowest BCUT2D eigenvalue weighted by atomic mass is 10.1. The van der Waals surface area contributed by atoms with Crippen LogP contribution in [0.4, 0.5) is 28.9 Å². The molecule has 2 rings (SSSR count). The minimum Gasteiger partial charge on any atom is -0.492 e. The number of nitrogens with one attached hydrogen (secondary N) is 3. The molecule has 2 aromatic rings. The van der Waals surface area contributed by atoms with Crippen LogP contribution in [0.3, 0.4) is 0 Å². The van der Waals surface area contributed by atoms with E-state index in [1.807, 2.05) is 0 Å². The van der Waals surface area contributed by atoms with Crippen LogP contribution in [0.25, 0.3) is 0 Å². The van der Waals surface area contributed by atoms with Crippen molar-refractivity contribution in [3.8, 4) is 5.75 Å². The van der Waals surface area contributed by atoms with Crippen LogP contribution in [-0.2, 0) is 4.79 Å². The molecular formula is C20H21F4N3O3. The molecule has 6 nitrogen and oxygen atoms in total. The lowest BCUT2D eigenvalue weighted by molar-refractivity contribution is -0.123. The lowest BCUT2D eigenvalue weighted by Gasteiger charge is -2.14. The number of rotatable bonds is 8. The maximum Gasteiger partial charge on any atom is 0.405 e. The van der Waals surface area contributed by atoms with Crippen LogP contribution in [-0.4, -0.2) is 37.7 Å². The van der Waals surface area contributed by atoms with Gasteiger partial charge >= 0.3 is 6.18 Å². The third-order valence-electron chi connectivity index (χ3n) is 3.96. The van der Waals surface area contributed by atoms with E-state index >= 15 is 0 Å². The third kappa shape index (κ3) is 6.64. The molecule has 0 atom stereocenters. The van der Waals surface area contributed by atoms with Crippen LogP contribution >= 0.6 is 0 Å². The fraction of sp³-hybridized carbons (Fsp3) is 0.300. The Balaban J connectivity index is 2.06. The number of alkyl halides is 3. The van der Waals surface area contributed by atoms with Gasteiger partial charge in [0.25, 0.3) is 5.91 Å². The number of carbonyl (C=O) groups is 2. The molecule has 0 bridgehead atoms. The van der Waals surface area contributed by atoms with E-state index in [2.05, 4.69) is 10.6 Å². The van der Waals surface area contributed by atoms with Gasteiger partial charge in [0.2, 0.25) is 5.91 Å². The highest BCUT2D eigenvalue weighted by atomic mass is 19.4. The molecule has 162 valence electrons. The van der Waals surface area contributed by atoms with E-state index in [-0.39, 0.29) is 23.4 Å². The van der Waals surface area contributed by atoms with Crippen molar-refractivity contribution in [3.63, 3.8) is 0 Å². The molecular weight excluding hydrogens is 406 g/mol. The van der Waals surface area contributed by atoms with E-state index in [4.69, 9.17) is 4.74 Å². The molecule has 0 saturated carbocycles. The van der Waals surface area contributed by atoms with Gasteiger partial charge in [-0.2, -0.15) is 13.2 Å². The minimum absolute atomic E-state index is 0.111. The molecule has 0 fully saturated rings. The van der Waals surface area contributed by atoms with Gasteiger partial charge in [-0.3, -0.25) is 9.59 Å². The van der Waals surface area contributed by atoms with Gasteiger partial charge in [-0.15, -0.1) is 0 Å². The Kier molecular flexibility index (Phi) is 7.62. The van der Waals surface area contributed by atoms with E-state index < -0.39 is 30.4 Å². The molecule has 0 saturated heterocycles. The van der Waals surface area contributed by atoms with Crippen molar-refractivity contribution in [1.82, 2.24) is 5.32 Å². The van der Waals surface area contributed by atoms with Crippen molar-refractivity contribution < 1.29 is 31.9 Å². The summed E-state index contributed by atoms with van der Waals surface area (Å²) in [6.07, 6.45) is -4.59. The predicted molar refractivity (Wildman–Crippen MR) is 104 cm³/mol. The van der Waals surface area contributed by atoms with Crippen molar-refractivity contribution in [2.24, 2.45) is 0 Å². The number of ether oxygens (including phenoxy) is 1. The Labute approximate surface area is 170 Å². The zero-order valence-corrected chi connectivity index (χ0v) is 16.3. The van der Waals surface area contributed by atoms with Crippen molar-refractivity contribution in [1.29, 1.82) is 0 Å². The van der Waals surface area contributed by atoms with Crippen molar-refractivity contribution in [2.75, 3.05) is 30.3 Å². The summed E-state index contributed by atoms with van der Waals surface area (Å²) >= 11 is 0. The number of hydrogen-bond acceptors (Lipinski definition) is 4. The zero-order chi connectivity index (χ0) is 22.3. The first-order valence-corrected chi connectivity index (χ1v) is 9.01. The van der Waals surface area contributed by atoms with Crippen LogP contribution in [0.15, 0.2) is 36.4 Å². The Morgan fingerprint density at radius 1 is 1.10 bits per heavy atom. The molecule has 0 aromatic heterocycles. The third-order valence-corrected chi connectivity index (χ3v) is 3.96. The van der Waals surface area contributed by atoms with Crippen molar-refractivity contribution >= 4 is 23.2 Å². The fourth-order valence-corrected chi connectivity index (χ4v) is 2.50. The second-order valence-corrected chi connectivity index (χ2v) is 6.26. The number of hydrogen-bond donors (Lipinski definition) is 3. The summed E-state index contributed by atoms with van der Waals surface area (Å²) in [6, 6.07) is 8.83. The monoisotopic (exact) mass is 427 g/mol. The summed E-state index contributed by atoms with van der Waals surface area (Å²) in [5.41, 5.74) is 0.381. The van der Waals surface area contributed by atoms with E-state index in [0.717, 1.165) is 6.07 Å². The van der Waals surface area contributed by atoms with Crippen molar-refractivity contribution in [3.05, 3.63) is 53.3 Å². The quantitative estimate of drug-likeness (QED) is 0.559. The molecule has 0 heterocycles. The predicted octanol–water partition coefficient (Wildman–Crippen LogP) is 3.88. The molecule has 0 unspecified atom stereocenters. The molecule has 10 heteroatoms. The molecule has 3 N–H and O–H groups in total. The van der Waals surface area contributed by atoms with Crippen LogP contribution < -0.4 is 20.7 Å². The van der Waals surface area contributed by atoms with Crippen LogP contribution in [0.5, 0.6) is 5.75 Å². The van der Waals surface area contributed by atoms with E-state index in [1.54, 1.807) is 36.5 Å². The van der Waals surface area contributed by atoms with Gasteiger partial charge < -0.3 is 20.7 Å². The molecule has 2 aromatic carbocycles. The highest BCUT2D eigenvalue weighted by Crippen LogP contribution is 2.24. The number of amides is 2. The van der Waals surface area contributed by atoms with E-state index in [0.29, 0.717) is 18.0 Å². The average Bonchev–Trinajstić information content (AvgIpc) is 2.68. The van der Waals surface area contributed by atoms with E-state index in [9.17, 15) is 27.2 Å². The van der Waals surface area contributed by atoms with E-state index in [1.165, 1.54) is 13.0 Å². The number of para-hydroxylation sites is 2. The first-order chi connectivity index (χ1) is 14.1. The van der Waals surface area contributed by atoms with Gasteiger partial charge in [-0.1, -0.05) is 12.1 Å². The van der Waals surface area contributed by atoms with Gasteiger partial charge in [0.05, 0.1) is 18.8 Å². The maximum atomic E-state index is 14.1. The largest absolute Gasteiger partial charge is 0.492 e. The van der Waals surface area contributed by atoms with Gasteiger partial charge in [0, 0.05) is 16.8 Å². The summed E-state index contributed by atoms with van der Waals surface area (Å²) in [7, 11) is 0. The van der Waals surface area contributed by atoms with Crippen LogP contribution in [0.2, 0.25) is 0 Å². The van der Waals surface area contributed by atoms with Crippen LogP contribution in [0.1, 0.15) is 22.8 Å². The highest BCUT2D eigenvalue weighted by Gasteiger charge is 2.28. The van der Waals surface area contributed by atoms with Gasteiger partial charge in [-0.25, -0.2) is 4.39 Å². The minimum atomic E-state index is -4.59. The Hall–Kier alpha value is -3.30. The Morgan fingerprint density at radius 2 is 1.80 bits per heavy atom. The lowest BCUT2D eigenvalue weighted by Crippen LogP contribution is -2.33. The summed E-state index contributed by atoms with van der Waals surface area (Å²) in [5.74, 6) is -1.85. The van der Waals surface area contributed by atoms with Crippen LogP contribution in [0, 0.1) is 12.7 Å². The molecule has 0 radical (unpaired) electrons. The molecule has 2 amide bonds. The number of carbonyl (C=O) groups excluding carboxylic acids is 2. The second-order valence-electron chi connectivity index (χ2n) is 6.26. The van der Waals surface area contributed by atoms with Gasteiger partial charge in [-0.05, 0) is 38.1 Å². The number of anilines is 2. The number of benzene rings is 2. The smallest absolute Gasteiger partial charge is 0.405 e. The number of halogens is 4. The average molecular weight is 427 g/mol. The fourth-order valence-electron chi connectivity index (χ4n) is 2.50. The van der Waals surface area contributed by atoms with Gasteiger partial charge in [0.1, 0.15) is 18.1 Å². The summed E-state index contributed by atoms with van der Waals surface area (Å²) < 4.78 is 56.3. The Morgan fingerprint density at radius 3 is 2.47 bits per heavy atom. The zero-order valence-electron chi connectivity index (χ0n) is 16.3. The first kappa shape index (κ1) is 23.0. The molecule has 30 heavy (non-hydrogen) atoms. The molecule has 0 aliphatic carbocycles. The molecule has 0 spiro atoms. The molecule has 0 aliphatic rings. The second kappa shape index (κ2) is 9.95. The summed E-state index contributed by atoms with van der Waals surface area (Å²) in [6.45, 7) is 1.82. The topological polar surface area (TPSA) is 79.5 Å². The maximum absolute atomic E-state index is 14.1. The van der Waals surface area contributed by atoms with Crippen molar-refractivity contribution in [2.45, 2.75) is 20.0 Å². The first-order valence-electron chi connectivity index (χ1n) is 9.01. The Bertz CT molecular complexity index is 917. The standard InChI is InChI=1S/C20H21F4N3O3/c1-3-30-17-7-5-4-6-15(17)27-18(28)10-25-16-9-13(8-14(21)12(16)2)19(29)26-11-20(22,23)24/h4-9,25H,3,10-11H2,1-2H3,(H,26,29)(H,27,28). The van der Waals surface area contributed by atoms with Gasteiger partial charge in [0.15, 0.2) is 0 Å². The SMILES string of the molecule is CCOc1ccccc1NC(=O)CNc1cc(C(=O)NCC(F)(F)F)cc(F)c1C. The summed E-state index contributed by atoms with van der Waals surface area (Å²) in [4.78, 5) is 24.1.